The summed E-state index contributed by atoms with van der Waals surface area (Å²) < 4.78 is 0. The second-order valence-electron chi connectivity index (χ2n) is 3.43. The third-order valence-electron chi connectivity index (χ3n) is 2.29. The van der Waals surface area contributed by atoms with Gasteiger partial charge in [-0.15, -0.1) is 0 Å². The van der Waals surface area contributed by atoms with Crippen LogP contribution in [0.15, 0.2) is 17.7 Å². The van der Waals surface area contributed by atoms with Crippen molar-refractivity contribution >= 4 is 17.3 Å². The lowest BCUT2D eigenvalue weighted by Crippen LogP contribution is -1.98. The van der Waals surface area contributed by atoms with Crippen LogP contribution in [0.3, 0.4) is 0 Å². The number of halogens is 1. The van der Waals surface area contributed by atoms with Gasteiger partial charge in [0.1, 0.15) is 5.75 Å². The minimum Gasteiger partial charge on any atom is -0.507 e. The normalized spacial score (nSPS) is 10.2. The van der Waals surface area contributed by atoms with Gasteiger partial charge in [-0.25, -0.2) is 0 Å². The number of hydrogen-bond acceptors (Lipinski definition) is 2. The average molecular weight is 212 g/mol. The first kappa shape index (κ1) is 10.9. The van der Waals surface area contributed by atoms with Gasteiger partial charge in [0.2, 0.25) is 0 Å². The zero-order valence-corrected chi connectivity index (χ0v) is 9.15. The number of aromatic hydroxyl groups is 1. The van der Waals surface area contributed by atoms with Gasteiger partial charge in [-0.3, -0.25) is 0 Å². The fourth-order valence-corrected chi connectivity index (χ4v) is 1.54. The minimum absolute atomic E-state index is 0.263. The number of benzene rings is 1. The first-order valence-corrected chi connectivity index (χ1v) is 4.72. The van der Waals surface area contributed by atoms with E-state index in [1.54, 1.807) is 6.07 Å². The molecule has 1 aromatic carbocycles. The lowest BCUT2D eigenvalue weighted by Gasteiger charge is -2.12. The van der Waals surface area contributed by atoms with Crippen molar-refractivity contribution in [1.82, 2.24) is 0 Å². The summed E-state index contributed by atoms with van der Waals surface area (Å²) in [6.07, 6.45) is 0.450. The fourth-order valence-electron chi connectivity index (χ4n) is 1.41. The maximum atomic E-state index is 9.80. The molecule has 3 heteroatoms. The van der Waals surface area contributed by atoms with Crippen LogP contribution < -0.4 is 5.73 Å². The van der Waals surface area contributed by atoms with Crippen LogP contribution in [0.2, 0.25) is 0 Å². The van der Waals surface area contributed by atoms with E-state index in [0.717, 1.165) is 16.7 Å². The van der Waals surface area contributed by atoms with Gasteiger partial charge in [0.05, 0.1) is 0 Å². The number of nitrogen functional groups attached to an aromatic ring is 1. The molecule has 0 aromatic heterocycles. The molecule has 0 fully saturated rings. The van der Waals surface area contributed by atoms with Crippen molar-refractivity contribution in [3.63, 3.8) is 0 Å². The van der Waals surface area contributed by atoms with Crippen molar-refractivity contribution in [2.75, 3.05) is 5.73 Å². The zero-order chi connectivity index (χ0) is 10.9. The number of phenolic OH excluding ortho intramolecular Hbond substituents is 1. The molecule has 0 atom stereocenters. The Kier molecular flexibility index (Phi) is 3.06. The van der Waals surface area contributed by atoms with E-state index in [1.165, 1.54) is 0 Å². The van der Waals surface area contributed by atoms with E-state index < -0.39 is 0 Å². The van der Waals surface area contributed by atoms with Crippen LogP contribution in [0.4, 0.5) is 5.69 Å². The minimum atomic E-state index is 0.263. The SMILES string of the molecule is C=C(Cl)Cc1c(C)c(N)cc(C)c1O. The predicted octanol–water partition coefficient (Wildman–Crippen LogP) is 2.89. The van der Waals surface area contributed by atoms with E-state index in [9.17, 15) is 5.11 Å². The van der Waals surface area contributed by atoms with E-state index in [0.29, 0.717) is 17.1 Å². The number of hydrogen-bond donors (Lipinski definition) is 2. The number of phenols is 1. The van der Waals surface area contributed by atoms with Crippen molar-refractivity contribution in [1.29, 1.82) is 0 Å². The summed E-state index contributed by atoms with van der Waals surface area (Å²) in [5.74, 6) is 0.263. The number of anilines is 1. The number of rotatable bonds is 2. The maximum absolute atomic E-state index is 9.80. The van der Waals surface area contributed by atoms with Gasteiger partial charge in [0.25, 0.3) is 0 Å². The Morgan fingerprint density at radius 3 is 2.64 bits per heavy atom. The van der Waals surface area contributed by atoms with Gasteiger partial charge < -0.3 is 10.8 Å². The highest BCUT2D eigenvalue weighted by atomic mass is 35.5. The summed E-state index contributed by atoms with van der Waals surface area (Å²) in [4.78, 5) is 0. The molecule has 3 N–H and O–H groups in total. The quantitative estimate of drug-likeness (QED) is 0.584. The molecular weight excluding hydrogens is 198 g/mol. The summed E-state index contributed by atoms with van der Waals surface area (Å²) in [6.45, 7) is 7.28. The van der Waals surface area contributed by atoms with Crippen LogP contribution in [0.5, 0.6) is 5.75 Å². The van der Waals surface area contributed by atoms with E-state index in [4.69, 9.17) is 17.3 Å². The van der Waals surface area contributed by atoms with E-state index in [2.05, 4.69) is 6.58 Å². The van der Waals surface area contributed by atoms with Crippen molar-refractivity contribution in [2.45, 2.75) is 20.3 Å². The molecule has 0 aliphatic carbocycles. The van der Waals surface area contributed by atoms with Gasteiger partial charge in [0, 0.05) is 22.7 Å². The fraction of sp³-hybridized carbons (Fsp3) is 0.273. The second kappa shape index (κ2) is 3.93. The number of aryl methyl sites for hydroxylation is 1. The van der Waals surface area contributed by atoms with Gasteiger partial charge in [-0.05, 0) is 31.0 Å². The zero-order valence-electron chi connectivity index (χ0n) is 8.39. The van der Waals surface area contributed by atoms with Crippen LogP contribution in [0.1, 0.15) is 16.7 Å². The van der Waals surface area contributed by atoms with Crippen LogP contribution in [-0.2, 0) is 6.42 Å². The van der Waals surface area contributed by atoms with Crippen molar-refractivity contribution in [3.05, 3.63) is 34.4 Å². The Labute approximate surface area is 89.0 Å². The predicted molar refractivity (Wildman–Crippen MR) is 60.7 cm³/mol. The Hall–Kier alpha value is -1.15. The summed E-state index contributed by atoms with van der Waals surface area (Å²) in [5.41, 5.74) is 8.86. The Bertz CT molecular complexity index is 359. The van der Waals surface area contributed by atoms with Gasteiger partial charge >= 0.3 is 0 Å². The molecule has 0 aliphatic rings. The molecule has 0 heterocycles. The molecule has 1 aromatic rings. The molecule has 76 valence electrons. The van der Waals surface area contributed by atoms with Crippen LogP contribution in [-0.4, -0.2) is 5.11 Å². The number of allylic oxidation sites excluding steroid dienone is 1. The third-order valence-corrected chi connectivity index (χ3v) is 2.42. The Morgan fingerprint density at radius 2 is 2.14 bits per heavy atom. The second-order valence-corrected chi connectivity index (χ2v) is 3.96. The van der Waals surface area contributed by atoms with Crippen LogP contribution in [0.25, 0.3) is 0 Å². The monoisotopic (exact) mass is 211 g/mol. The van der Waals surface area contributed by atoms with Gasteiger partial charge in [-0.2, -0.15) is 0 Å². The summed E-state index contributed by atoms with van der Waals surface area (Å²) in [6, 6.07) is 1.76. The molecule has 0 unspecified atom stereocenters. The van der Waals surface area contributed by atoms with Gasteiger partial charge in [-0.1, -0.05) is 18.2 Å². The maximum Gasteiger partial charge on any atom is 0.122 e. The van der Waals surface area contributed by atoms with E-state index in [1.807, 2.05) is 13.8 Å². The molecule has 1 rings (SSSR count). The standard InChI is InChI=1S/C11H14ClNO/c1-6-4-10(13)8(3)9(11(6)14)5-7(2)12/h4,14H,2,5,13H2,1,3H3. The highest BCUT2D eigenvalue weighted by Gasteiger charge is 2.11. The molecular formula is C11H14ClNO. The van der Waals surface area contributed by atoms with Crippen LogP contribution in [0, 0.1) is 13.8 Å². The highest BCUT2D eigenvalue weighted by Crippen LogP contribution is 2.31. The molecule has 0 spiro atoms. The molecule has 2 nitrogen and oxygen atoms in total. The van der Waals surface area contributed by atoms with Gasteiger partial charge in [0.15, 0.2) is 0 Å². The largest absolute Gasteiger partial charge is 0.507 e. The molecule has 0 radical (unpaired) electrons. The molecule has 0 aliphatic heterocycles. The molecule has 14 heavy (non-hydrogen) atoms. The molecule has 0 saturated carbocycles. The van der Waals surface area contributed by atoms with Crippen molar-refractivity contribution < 1.29 is 5.11 Å². The summed E-state index contributed by atoms with van der Waals surface area (Å²) in [7, 11) is 0. The topological polar surface area (TPSA) is 46.2 Å². The third kappa shape index (κ3) is 2.02. The van der Waals surface area contributed by atoms with Crippen molar-refractivity contribution in [2.24, 2.45) is 0 Å². The average Bonchev–Trinajstić information content (AvgIpc) is 2.09. The molecule has 0 bridgehead atoms. The smallest absolute Gasteiger partial charge is 0.122 e. The number of nitrogens with two attached hydrogens (primary N) is 1. The first-order valence-electron chi connectivity index (χ1n) is 4.34. The molecule has 0 amide bonds. The Balaban J connectivity index is 3.31. The van der Waals surface area contributed by atoms with Crippen LogP contribution >= 0.6 is 11.6 Å². The van der Waals surface area contributed by atoms with Crippen molar-refractivity contribution in [3.8, 4) is 5.75 Å². The first-order chi connectivity index (χ1) is 6.43. The molecule has 0 saturated heterocycles. The summed E-state index contributed by atoms with van der Waals surface area (Å²) in [5, 5.41) is 10.3. The van der Waals surface area contributed by atoms with E-state index >= 15 is 0 Å². The Morgan fingerprint density at radius 1 is 1.57 bits per heavy atom. The lowest BCUT2D eigenvalue weighted by atomic mass is 9.99. The lowest BCUT2D eigenvalue weighted by molar-refractivity contribution is 0.465. The highest BCUT2D eigenvalue weighted by molar-refractivity contribution is 6.29. The van der Waals surface area contributed by atoms with E-state index in [-0.39, 0.29) is 5.75 Å². The summed E-state index contributed by atoms with van der Waals surface area (Å²) >= 11 is 5.71.